The van der Waals surface area contributed by atoms with Crippen molar-refractivity contribution in [1.82, 2.24) is 25.5 Å². The van der Waals surface area contributed by atoms with Crippen molar-refractivity contribution in [3.63, 3.8) is 0 Å². The van der Waals surface area contributed by atoms with Crippen LogP contribution in [0.4, 0.5) is 0 Å². The molecule has 7 heterocycles. The van der Waals surface area contributed by atoms with Crippen LogP contribution in [0.5, 0.6) is 0 Å². The lowest BCUT2D eigenvalue weighted by Gasteiger charge is -2.47. The van der Waals surface area contributed by atoms with E-state index in [1.54, 1.807) is 5.56 Å². The van der Waals surface area contributed by atoms with Crippen LogP contribution in [0.3, 0.4) is 0 Å². The fourth-order valence-corrected chi connectivity index (χ4v) is 15.7. The van der Waals surface area contributed by atoms with E-state index in [1.807, 2.05) is 17.5 Å². The van der Waals surface area contributed by atoms with E-state index < -0.39 is 0 Å². The lowest BCUT2D eigenvalue weighted by Crippen LogP contribution is -2.48. The molecule has 348 valence electrons. The summed E-state index contributed by atoms with van der Waals surface area (Å²) < 4.78 is 20.4. The van der Waals surface area contributed by atoms with Gasteiger partial charge in [0.05, 0.1) is 17.8 Å². The minimum absolute atomic E-state index is 0.00767. The number of aromatic nitrogens is 2. The van der Waals surface area contributed by atoms with Crippen molar-refractivity contribution in [2.24, 2.45) is 0 Å². The summed E-state index contributed by atoms with van der Waals surface area (Å²) in [5, 5.41) is 10.2. The first-order chi connectivity index (χ1) is 31.9. The maximum atomic E-state index is 6.94. The number of nitrogens with one attached hydrogen (secondary N) is 2. The largest absolute Gasteiger partial charge is 0.375 e. The van der Waals surface area contributed by atoms with Gasteiger partial charge in [0.25, 0.3) is 0 Å². The molecule has 8 nitrogen and oxygen atoms in total. The van der Waals surface area contributed by atoms with Crippen molar-refractivity contribution in [2.45, 2.75) is 168 Å². The SMILES string of the molecule is CN1CCc2ccccc2C1CNCC[C@@]1(c2ccccn2)CCOC2(CCC(c3ccc([C@]4(CCNCC5OCC6(CCCCC6)c6ccsc65)CCOC5(CCCC5)C4)nc3)C2)C1. The van der Waals surface area contributed by atoms with Gasteiger partial charge in [-0.3, -0.25) is 14.9 Å². The van der Waals surface area contributed by atoms with Crippen molar-refractivity contribution in [3.8, 4) is 0 Å². The van der Waals surface area contributed by atoms with Crippen LogP contribution in [0.2, 0.25) is 0 Å². The second-order valence-corrected chi connectivity index (χ2v) is 23.0. The Morgan fingerprint density at radius 2 is 1.48 bits per heavy atom. The molecule has 3 saturated carbocycles. The molecule has 6 atom stereocenters. The lowest BCUT2D eigenvalue weighted by atomic mass is 9.67. The zero-order chi connectivity index (χ0) is 43.8. The molecule has 5 fully saturated rings. The summed E-state index contributed by atoms with van der Waals surface area (Å²) in [4.78, 5) is 14.5. The van der Waals surface area contributed by atoms with Gasteiger partial charge >= 0.3 is 0 Å². The molecule has 9 heteroatoms. The van der Waals surface area contributed by atoms with E-state index in [0.717, 1.165) is 117 Å². The molecule has 11 rings (SSSR count). The third kappa shape index (κ3) is 8.83. The molecular weight excluding hydrogens is 823 g/mol. The summed E-state index contributed by atoms with van der Waals surface area (Å²) in [5.74, 6) is 0.454. The maximum absolute atomic E-state index is 6.94. The van der Waals surface area contributed by atoms with Gasteiger partial charge in [0.1, 0.15) is 6.10 Å². The molecular formula is C56H75N5O3S. The normalized spacial score (nSPS) is 31.9. The van der Waals surface area contributed by atoms with Crippen molar-refractivity contribution in [1.29, 1.82) is 0 Å². The first-order valence-corrected chi connectivity index (χ1v) is 26.8. The summed E-state index contributed by atoms with van der Waals surface area (Å²) in [7, 11) is 2.28. The topological polar surface area (TPSA) is 80.8 Å². The molecule has 0 bridgehead atoms. The zero-order valence-electron chi connectivity index (χ0n) is 39.3. The van der Waals surface area contributed by atoms with Gasteiger partial charge in [-0.25, -0.2) is 0 Å². The molecule has 2 saturated heterocycles. The molecule has 3 aliphatic carbocycles. The Kier molecular flexibility index (Phi) is 12.9. The fraction of sp³-hybridized carbons (Fsp3) is 0.643. The predicted octanol–water partition coefficient (Wildman–Crippen LogP) is 10.8. The molecule has 1 aromatic carbocycles. The van der Waals surface area contributed by atoms with Crippen LogP contribution < -0.4 is 10.6 Å². The van der Waals surface area contributed by atoms with E-state index in [2.05, 4.69) is 94.8 Å². The van der Waals surface area contributed by atoms with Crippen LogP contribution >= 0.6 is 11.3 Å². The number of benzene rings is 1. The van der Waals surface area contributed by atoms with Crippen LogP contribution in [0, 0.1) is 0 Å². The van der Waals surface area contributed by atoms with E-state index in [4.69, 9.17) is 24.2 Å². The molecule has 2 N–H and O–H groups in total. The number of fused-ring (bicyclic) bond motifs is 3. The van der Waals surface area contributed by atoms with Gasteiger partial charge in [-0.1, -0.05) is 68.5 Å². The summed E-state index contributed by atoms with van der Waals surface area (Å²) in [6, 6.07) is 23.3. The molecule has 4 aliphatic heterocycles. The Balaban J connectivity index is 0.758. The molecule has 7 aliphatic rings. The van der Waals surface area contributed by atoms with Crippen LogP contribution in [0.1, 0.15) is 172 Å². The molecule has 0 radical (unpaired) electrons. The van der Waals surface area contributed by atoms with Gasteiger partial charge in [-0.05, 0) is 168 Å². The third-order valence-corrected chi connectivity index (χ3v) is 19.2. The zero-order valence-corrected chi connectivity index (χ0v) is 40.1. The van der Waals surface area contributed by atoms with Gasteiger partial charge in [0.15, 0.2) is 0 Å². The van der Waals surface area contributed by atoms with Crippen LogP contribution in [-0.4, -0.2) is 85.7 Å². The molecule has 0 amide bonds. The van der Waals surface area contributed by atoms with Crippen molar-refractivity contribution >= 4 is 11.3 Å². The highest BCUT2D eigenvalue weighted by atomic mass is 32.1. The second-order valence-electron chi connectivity index (χ2n) is 22.0. The summed E-state index contributed by atoms with van der Waals surface area (Å²) in [5.41, 5.74) is 8.63. The average Bonchev–Trinajstić information content (AvgIpc) is 4.13. The highest BCUT2D eigenvalue weighted by molar-refractivity contribution is 7.10. The minimum atomic E-state index is -0.132. The van der Waals surface area contributed by atoms with Gasteiger partial charge < -0.3 is 24.8 Å². The Hall–Kier alpha value is -3.02. The maximum Gasteiger partial charge on any atom is 0.104 e. The average molecular weight is 898 g/mol. The number of ether oxygens (including phenoxy) is 3. The highest BCUT2D eigenvalue weighted by Crippen LogP contribution is 2.55. The van der Waals surface area contributed by atoms with Gasteiger partial charge in [0.2, 0.25) is 0 Å². The second kappa shape index (κ2) is 18.8. The lowest BCUT2D eigenvalue weighted by molar-refractivity contribution is -0.105. The van der Waals surface area contributed by atoms with E-state index >= 15 is 0 Å². The van der Waals surface area contributed by atoms with Crippen LogP contribution in [-0.2, 0) is 36.9 Å². The summed E-state index contributed by atoms with van der Waals surface area (Å²) >= 11 is 1.91. The number of pyridine rings is 2. The van der Waals surface area contributed by atoms with Crippen LogP contribution in [0.25, 0.3) is 0 Å². The summed E-state index contributed by atoms with van der Waals surface area (Å²) in [6.45, 7) is 7.41. The van der Waals surface area contributed by atoms with E-state index in [0.29, 0.717) is 12.0 Å². The van der Waals surface area contributed by atoms with E-state index in [1.165, 1.54) is 90.7 Å². The number of thiophene rings is 1. The Bertz CT molecular complexity index is 2200. The monoisotopic (exact) mass is 898 g/mol. The fourth-order valence-electron chi connectivity index (χ4n) is 14.6. The number of likely N-dealkylation sites (N-methyl/N-ethyl adjacent to an activating group) is 1. The third-order valence-electron chi connectivity index (χ3n) is 18.2. The van der Waals surface area contributed by atoms with Crippen molar-refractivity contribution < 1.29 is 14.2 Å². The van der Waals surface area contributed by atoms with Crippen molar-refractivity contribution in [3.05, 3.63) is 117 Å². The number of rotatable bonds is 13. The molecule has 4 aromatic rings. The predicted molar refractivity (Wildman–Crippen MR) is 261 cm³/mol. The molecule has 3 spiro atoms. The first kappa shape index (κ1) is 44.5. The molecule has 65 heavy (non-hydrogen) atoms. The Labute approximate surface area is 393 Å². The number of hydrogen-bond acceptors (Lipinski definition) is 9. The number of nitrogens with zero attached hydrogens (tertiary/aromatic N) is 3. The van der Waals surface area contributed by atoms with E-state index in [9.17, 15) is 0 Å². The van der Waals surface area contributed by atoms with E-state index in [-0.39, 0.29) is 33.6 Å². The Morgan fingerprint density at radius 3 is 2.26 bits per heavy atom. The summed E-state index contributed by atoms with van der Waals surface area (Å²) in [6.07, 6.45) is 26.7. The van der Waals surface area contributed by atoms with Gasteiger partial charge in [-0.2, -0.15) is 0 Å². The number of hydrogen-bond donors (Lipinski definition) is 2. The van der Waals surface area contributed by atoms with Crippen LogP contribution in [0.15, 0.2) is 78.4 Å². The van der Waals surface area contributed by atoms with Gasteiger partial charge in [-0.15, -0.1) is 11.3 Å². The van der Waals surface area contributed by atoms with Crippen molar-refractivity contribution in [2.75, 3.05) is 59.6 Å². The first-order valence-electron chi connectivity index (χ1n) is 25.9. The smallest absolute Gasteiger partial charge is 0.104 e. The molecule has 3 aromatic heterocycles. The standard InChI is InChI=1S/C56H75N5O3S/c1-61-31-17-42-11-3-4-12-45(42)47(61)37-57-29-24-53(49-13-5-10-28-59-49)27-33-64-56(40-53)23-16-43(35-56)44-14-15-50(60-36-44)52(26-32-63-55(39-52)21-8-9-22-55)25-30-58-38-48-51-46(18-34-65-51)54(41-62-48)19-6-2-7-20-54/h3-5,10-15,18,28,34,36,43,47-48,57-58H,2,6-9,16-17,19-27,29-33,35,37-41H2,1H3/t43?,47?,48?,52-,53-,56?/m1/s1. The van der Waals surface area contributed by atoms with Gasteiger partial charge in [0, 0.05) is 83.8 Å². The Morgan fingerprint density at radius 1 is 0.738 bits per heavy atom. The quantitative estimate of drug-likeness (QED) is 0.129. The highest BCUT2D eigenvalue weighted by Gasteiger charge is 2.52. The minimum Gasteiger partial charge on any atom is -0.375 e. The molecule has 4 unspecified atom stereocenters.